The number of rotatable bonds is 2. The van der Waals surface area contributed by atoms with Gasteiger partial charge < -0.3 is 9.88 Å². The van der Waals surface area contributed by atoms with Crippen molar-refractivity contribution in [2.24, 2.45) is 5.92 Å². The molecule has 114 valence electrons. The predicted octanol–water partition coefficient (Wildman–Crippen LogP) is 3.60. The number of hydrogen-bond acceptors (Lipinski definition) is 2. The minimum absolute atomic E-state index is 0. The van der Waals surface area contributed by atoms with Crippen molar-refractivity contribution in [3.05, 3.63) is 29.1 Å². The summed E-state index contributed by atoms with van der Waals surface area (Å²) in [4.78, 5) is 4.80. The van der Waals surface area contributed by atoms with Gasteiger partial charge in [0.15, 0.2) is 0 Å². The molecule has 2 aromatic rings. The third-order valence-electron chi connectivity index (χ3n) is 4.92. The van der Waals surface area contributed by atoms with Crippen LogP contribution >= 0.6 is 12.4 Å². The summed E-state index contributed by atoms with van der Waals surface area (Å²) in [6, 6.07) is 4.80. The van der Waals surface area contributed by atoms with E-state index in [2.05, 4.69) is 42.8 Å². The molecule has 0 amide bonds. The molecule has 0 spiro atoms. The molecule has 21 heavy (non-hydrogen) atoms. The number of hydrogen-bond donors (Lipinski definition) is 1. The molecule has 0 radical (unpaired) electrons. The highest BCUT2D eigenvalue weighted by atomic mass is 35.5. The first-order valence-corrected chi connectivity index (χ1v) is 7.85. The fourth-order valence-electron chi connectivity index (χ4n) is 4.04. The third kappa shape index (κ3) is 2.27. The van der Waals surface area contributed by atoms with E-state index >= 15 is 0 Å². The molecule has 2 unspecified atom stereocenters. The van der Waals surface area contributed by atoms with E-state index in [-0.39, 0.29) is 12.4 Å². The maximum atomic E-state index is 4.80. The molecule has 2 bridgehead atoms. The zero-order valence-corrected chi connectivity index (χ0v) is 13.8. The fourth-order valence-corrected chi connectivity index (χ4v) is 4.04. The van der Waals surface area contributed by atoms with E-state index in [4.69, 9.17) is 4.98 Å². The van der Waals surface area contributed by atoms with E-state index in [0.29, 0.717) is 11.8 Å². The molecule has 1 fully saturated rings. The molecule has 2 aliphatic rings. The van der Waals surface area contributed by atoms with Crippen LogP contribution in [0.3, 0.4) is 0 Å². The largest absolute Gasteiger partial charge is 0.328 e. The number of nitrogens with one attached hydrogen (secondary N) is 1. The molecule has 1 N–H and O–H groups in total. The Bertz CT molecular complexity index is 674. The van der Waals surface area contributed by atoms with E-state index < -0.39 is 0 Å². The smallest absolute Gasteiger partial charge is 0.106 e. The molecule has 4 rings (SSSR count). The summed E-state index contributed by atoms with van der Waals surface area (Å²) < 4.78 is 2.40. The van der Waals surface area contributed by atoms with Gasteiger partial charge in [-0.3, -0.25) is 0 Å². The molecule has 1 aliphatic heterocycles. The maximum absolute atomic E-state index is 4.80. The number of imidazole rings is 1. The van der Waals surface area contributed by atoms with Gasteiger partial charge in [0.1, 0.15) is 5.82 Å². The summed E-state index contributed by atoms with van der Waals surface area (Å²) in [7, 11) is 0. The van der Waals surface area contributed by atoms with E-state index in [0.717, 1.165) is 31.4 Å². The highest BCUT2D eigenvalue weighted by molar-refractivity contribution is 5.85. The van der Waals surface area contributed by atoms with Crippen LogP contribution in [0.5, 0.6) is 0 Å². The number of fused-ring (bicyclic) bond motifs is 6. The van der Waals surface area contributed by atoms with Gasteiger partial charge in [0.25, 0.3) is 0 Å². The average molecular weight is 306 g/mol. The maximum Gasteiger partial charge on any atom is 0.106 e. The van der Waals surface area contributed by atoms with Gasteiger partial charge in [0, 0.05) is 19.6 Å². The molecule has 1 aliphatic carbocycles. The van der Waals surface area contributed by atoms with Crippen LogP contribution < -0.4 is 5.32 Å². The minimum Gasteiger partial charge on any atom is -0.328 e. The number of benzene rings is 1. The van der Waals surface area contributed by atoms with Crippen molar-refractivity contribution in [1.82, 2.24) is 14.9 Å². The van der Waals surface area contributed by atoms with Crippen molar-refractivity contribution >= 4 is 23.4 Å². The molecule has 2 heterocycles. The Balaban J connectivity index is 0.00000132. The molecule has 0 saturated carbocycles. The summed E-state index contributed by atoms with van der Waals surface area (Å²) in [5.74, 6) is 3.24. The minimum atomic E-state index is 0. The van der Waals surface area contributed by atoms with Gasteiger partial charge >= 0.3 is 0 Å². The number of aryl methyl sites for hydroxylation is 1. The summed E-state index contributed by atoms with van der Waals surface area (Å²) in [5, 5.41) is 3.57. The zero-order chi connectivity index (χ0) is 13.9. The van der Waals surface area contributed by atoms with E-state index in [9.17, 15) is 0 Å². The summed E-state index contributed by atoms with van der Waals surface area (Å²) >= 11 is 0. The first-order valence-electron chi connectivity index (χ1n) is 7.85. The number of aromatic nitrogens is 2. The summed E-state index contributed by atoms with van der Waals surface area (Å²) in [6.45, 7) is 10.0. The van der Waals surface area contributed by atoms with Gasteiger partial charge in [-0.15, -0.1) is 12.4 Å². The summed E-state index contributed by atoms with van der Waals surface area (Å²) in [5.41, 5.74) is 5.66. The van der Waals surface area contributed by atoms with Gasteiger partial charge in [0.05, 0.1) is 11.0 Å². The molecule has 2 atom stereocenters. The van der Waals surface area contributed by atoms with Crippen LogP contribution in [0.2, 0.25) is 0 Å². The van der Waals surface area contributed by atoms with Crippen molar-refractivity contribution < 1.29 is 0 Å². The zero-order valence-electron chi connectivity index (χ0n) is 13.0. The van der Waals surface area contributed by atoms with Crippen LogP contribution in [-0.4, -0.2) is 22.6 Å². The number of piperidine rings is 1. The fraction of sp³-hybridized carbons (Fsp3) is 0.588. The number of nitrogens with zero attached hydrogens (tertiary/aromatic N) is 2. The second-order valence-electron chi connectivity index (χ2n) is 6.92. The SMILES string of the molecule is Cc1nc2cc3c(cc2n1CC(C)C)C1CNCC3C1.Cl. The first kappa shape index (κ1) is 14.9. The lowest BCUT2D eigenvalue weighted by Gasteiger charge is -2.19. The molecule has 1 aromatic heterocycles. The number of halogens is 1. The van der Waals surface area contributed by atoms with Crippen LogP contribution in [-0.2, 0) is 6.54 Å². The van der Waals surface area contributed by atoms with E-state index in [1.807, 2.05) is 0 Å². The molecule has 1 saturated heterocycles. The molecule has 4 heteroatoms. The van der Waals surface area contributed by atoms with Gasteiger partial charge in [-0.1, -0.05) is 13.8 Å². The lowest BCUT2D eigenvalue weighted by atomic mass is 9.98. The Kier molecular flexibility index (Phi) is 3.74. The molecular weight excluding hydrogens is 282 g/mol. The van der Waals surface area contributed by atoms with E-state index in [1.165, 1.54) is 17.5 Å². The normalized spacial score (nSPS) is 23.4. The standard InChI is InChI=1S/C17H23N3.ClH/c1-10(2)9-20-11(3)19-16-5-14-12-4-13(8-18-7-12)15(14)6-17(16)20;/h5-6,10,12-13,18H,4,7-9H2,1-3H3;1H. The van der Waals surface area contributed by atoms with Crippen molar-refractivity contribution in [2.45, 2.75) is 45.6 Å². The quantitative estimate of drug-likeness (QED) is 0.919. The Labute approximate surface area is 132 Å². The summed E-state index contributed by atoms with van der Waals surface area (Å²) in [6.07, 6.45) is 1.33. The average Bonchev–Trinajstić information content (AvgIpc) is 2.84. The Hall–Kier alpha value is -1.06. The van der Waals surface area contributed by atoms with Crippen molar-refractivity contribution in [3.8, 4) is 0 Å². The van der Waals surface area contributed by atoms with Gasteiger partial charge in [-0.05, 0) is 54.4 Å². The van der Waals surface area contributed by atoms with Gasteiger partial charge in [0.2, 0.25) is 0 Å². The van der Waals surface area contributed by atoms with E-state index in [1.54, 1.807) is 11.1 Å². The Morgan fingerprint density at radius 2 is 1.90 bits per heavy atom. The molecular formula is C17H24ClN3. The van der Waals surface area contributed by atoms with Crippen LogP contribution in [0.25, 0.3) is 11.0 Å². The highest BCUT2D eigenvalue weighted by Gasteiger charge is 2.34. The topological polar surface area (TPSA) is 29.9 Å². The second kappa shape index (κ2) is 5.29. The van der Waals surface area contributed by atoms with Crippen molar-refractivity contribution in [1.29, 1.82) is 0 Å². The second-order valence-corrected chi connectivity index (χ2v) is 6.92. The highest BCUT2D eigenvalue weighted by Crippen LogP contribution is 2.45. The molecule has 1 aromatic carbocycles. The van der Waals surface area contributed by atoms with Crippen LogP contribution in [0.15, 0.2) is 12.1 Å². The lowest BCUT2D eigenvalue weighted by Crippen LogP contribution is -2.28. The van der Waals surface area contributed by atoms with Crippen molar-refractivity contribution in [2.75, 3.05) is 13.1 Å². The first-order chi connectivity index (χ1) is 9.63. The third-order valence-corrected chi connectivity index (χ3v) is 4.92. The van der Waals surface area contributed by atoms with Gasteiger partial charge in [-0.2, -0.15) is 0 Å². The predicted molar refractivity (Wildman–Crippen MR) is 89.5 cm³/mol. The van der Waals surface area contributed by atoms with Crippen LogP contribution in [0.1, 0.15) is 49.1 Å². The Morgan fingerprint density at radius 3 is 2.57 bits per heavy atom. The Morgan fingerprint density at radius 1 is 1.24 bits per heavy atom. The van der Waals surface area contributed by atoms with Gasteiger partial charge in [-0.25, -0.2) is 4.98 Å². The van der Waals surface area contributed by atoms with Crippen molar-refractivity contribution in [3.63, 3.8) is 0 Å². The molecule has 3 nitrogen and oxygen atoms in total. The van der Waals surface area contributed by atoms with Crippen LogP contribution in [0, 0.1) is 12.8 Å². The van der Waals surface area contributed by atoms with Crippen LogP contribution in [0.4, 0.5) is 0 Å². The lowest BCUT2D eigenvalue weighted by molar-refractivity contribution is 0.454. The monoisotopic (exact) mass is 305 g/mol.